The van der Waals surface area contributed by atoms with Crippen LogP contribution in [0.25, 0.3) is 0 Å². The highest BCUT2D eigenvalue weighted by atomic mass is 32.2. The van der Waals surface area contributed by atoms with E-state index in [-0.39, 0.29) is 24.0 Å². The molecule has 0 saturated carbocycles. The summed E-state index contributed by atoms with van der Waals surface area (Å²) in [6.45, 7) is 0.580. The normalized spacial score (nSPS) is 14.6. The predicted octanol–water partition coefficient (Wildman–Crippen LogP) is 2.20. The molecule has 2 amide bonds. The van der Waals surface area contributed by atoms with E-state index in [1.54, 1.807) is 19.2 Å². The number of methoxy groups -OCH3 is 1. The molecule has 1 heterocycles. The van der Waals surface area contributed by atoms with E-state index in [0.29, 0.717) is 6.54 Å². The minimum atomic E-state index is -3.56. The van der Waals surface area contributed by atoms with Crippen LogP contribution < -0.4 is 10.1 Å². The maximum atomic E-state index is 12.9. The average molecular weight is 378 g/mol. The highest BCUT2D eigenvalue weighted by Crippen LogP contribution is 2.24. The van der Waals surface area contributed by atoms with Crippen molar-refractivity contribution >= 4 is 15.9 Å². The summed E-state index contributed by atoms with van der Waals surface area (Å²) >= 11 is 0. The number of ether oxygens (including phenoxy) is 1. The molecule has 26 heavy (non-hydrogen) atoms. The molecule has 0 bridgehead atoms. The smallest absolute Gasteiger partial charge is 0.317 e. The average Bonchev–Trinajstić information content (AvgIpc) is 2.59. The maximum Gasteiger partial charge on any atom is 0.317 e. The molecule has 138 valence electrons. The lowest BCUT2D eigenvalue weighted by Gasteiger charge is -2.38. The van der Waals surface area contributed by atoms with E-state index in [0.717, 1.165) is 23.4 Å². The summed E-state index contributed by atoms with van der Waals surface area (Å²) in [4.78, 5) is 13.6. The first-order valence-corrected chi connectivity index (χ1v) is 9.60. The second kappa shape index (κ2) is 7.33. The van der Waals surface area contributed by atoms with Gasteiger partial charge in [0, 0.05) is 19.6 Å². The van der Waals surface area contributed by atoms with Gasteiger partial charge in [0.15, 0.2) is 9.84 Å². The lowest BCUT2D eigenvalue weighted by atomic mass is 10.2. The molecule has 1 aliphatic rings. The maximum absolute atomic E-state index is 12.9. The lowest BCUT2D eigenvalue weighted by molar-refractivity contribution is 0.169. The van der Waals surface area contributed by atoms with Crippen molar-refractivity contribution in [3.63, 3.8) is 0 Å². The van der Waals surface area contributed by atoms with Gasteiger partial charge in [-0.05, 0) is 42.0 Å². The van der Waals surface area contributed by atoms with Crippen molar-refractivity contribution < 1.29 is 22.3 Å². The molecule has 6 nitrogen and oxygen atoms in total. The van der Waals surface area contributed by atoms with Crippen LogP contribution in [0.1, 0.15) is 5.56 Å². The van der Waals surface area contributed by atoms with Crippen LogP contribution in [0.15, 0.2) is 53.4 Å². The van der Waals surface area contributed by atoms with Crippen LogP contribution in [0.4, 0.5) is 9.18 Å². The molecule has 0 spiro atoms. The number of nitrogens with one attached hydrogen (secondary N) is 1. The van der Waals surface area contributed by atoms with Crippen molar-refractivity contribution in [2.24, 2.45) is 0 Å². The Kier molecular flexibility index (Phi) is 5.13. The van der Waals surface area contributed by atoms with E-state index in [9.17, 15) is 17.6 Å². The Morgan fingerprint density at radius 1 is 1.15 bits per heavy atom. The number of rotatable bonds is 5. The van der Waals surface area contributed by atoms with Crippen LogP contribution in [0.5, 0.6) is 5.75 Å². The predicted molar refractivity (Wildman–Crippen MR) is 94.2 cm³/mol. The SMILES string of the molecule is COc1ccc(CNC(=O)N2CC(S(=O)(=O)c3ccc(F)cc3)C2)cc1. The van der Waals surface area contributed by atoms with Gasteiger partial charge in [0.25, 0.3) is 0 Å². The number of likely N-dealkylation sites (tertiary alicyclic amines) is 1. The second-order valence-corrected chi connectivity index (χ2v) is 8.26. The Hall–Kier alpha value is -2.61. The van der Waals surface area contributed by atoms with Gasteiger partial charge in [0.2, 0.25) is 0 Å². The molecule has 1 N–H and O–H groups in total. The zero-order chi connectivity index (χ0) is 18.7. The molecule has 0 aliphatic carbocycles. The van der Waals surface area contributed by atoms with E-state index < -0.39 is 20.9 Å². The van der Waals surface area contributed by atoms with Gasteiger partial charge in [0.1, 0.15) is 16.8 Å². The highest BCUT2D eigenvalue weighted by molar-refractivity contribution is 7.92. The summed E-state index contributed by atoms with van der Waals surface area (Å²) in [5.74, 6) is 0.244. The van der Waals surface area contributed by atoms with E-state index in [1.807, 2.05) is 12.1 Å². The Labute approximate surface area is 151 Å². The Balaban J connectivity index is 1.52. The number of hydrogen-bond donors (Lipinski definition) is 1. The van der Waals surface area contributed by atoms with Crippen LogP contribution >= 0.6 is 0 Å². The Morgan fingerprint density at radius 2 is 1.77 bits per heavy atom. The molecular weight excluding hydrogens is 359 g/mol. The zero-order valence-corrected chi connectivity index (χ0v) is 15.0. The first-order valence-electron chi connectivity index (χ1n) is 8.05. The highest BCUT2D eigenvalue weighted by Gasteiger charge is 2.40. The molecule has 8 heteroatoms. The van der Waals surface area contributed by atoms with Crippen molar-refractivity contribution in [3.05, 3.63) is 59.9 Å². The van der Waals surface area contributed by atoms with E-state index in [4.69, 9.17) is 4.74 Å². The molecule has 2 aromatic rings. The summed E-state index contributed by atoms with van der Waals surface area (Å²) in [5.41, 5.74) is 0.912. The van der Waals surface area contributed by atoms with Crippen molar-refractivity contribution in [1.29, 1.82) is 0 Å². The van der Waals surface area contributed by atoms with Gasteiger partial charge in [-0.25, -0.2) is 17.6 Å². The van der Waals surface area contributed by atoms with Crippen molar-refractivity contribution in [2.75, 3.05) is 20.2 Å². The number of nitrogens with zero attached hydrogens (tertiary/aromatic N) is 1. The molecule has 2 aromatic carbocycles. The van der Waals surface area contributed by atoms with Crippen LogP contribution in [-0.2, 0) is 16.4 Å². The standard InChI is InChI=1S/C18H19FN2O4S/c1-25-15-6-2-13(3-7-15)10-20-18(22)21-11-17(12-21)26(23,24)16-8-4-14(19)5-9-16/h2-9,17H,10-12H2,1H3,(H,20,22). The fourth-order valence-electron chi connectivity index (χ4n) is 2.65. The van der Waals surface area contributed by atoms with Gasteiger partial charge in [-0.2, -0.15) is 0 Å². The number of amides is 2. The summed E-state index contributed by atoms with van der Waals surface area (Å²) < 4.78 is 42.9. The quantitative estimate of drug-likeness (QED) is 0.810. The molecule has 3 rings (SSSR count). The Bertz CT molecular complexity index is 876. The largest absolute Gasteiger partial charge is 0.497 e. The van der Waals surface area contributed by atoms with E-state index in [2.05, 4.69) is 5.32 Å². The summed E-state index contributed by atoms with van der Waals surface area (Å²) in [5, 5.41) is 2.09. The molecule has 0 atom stereocenters. The first-order chi connectivity index (χ1) is 12.4. The molecule has 1 saturated heterocycles. The third-order valence-electron chi connectivity index (χ3n) is 4.32. The number of halogens is 1. The number of benzene rings is 2. The number of carbonyl (C=O) groups excluding carboxylic acids is 1. The van der Waals surface area contributed by atoms with Crippen LogP contribution in [0.3, 0.4) is 0 Å². The second-order valence-electron chi connectivity index (χ2n) is 6.03. The van der Waals surface area contributed by atoms with Crippen LogP contribution in [0.2, 0.25) is 0 Å². The minimum absolute atomic E-state index is 0.0715. The fourth-order valence-corrected chi connectivity index (χ4v) is 4.30. The van der Waals surface area contributed by atoms with Crippen LogP contribution in [0, 0.1) is 5.82 Å². The van der Waals surface area contributed by atoms with E-state index >= 15 is 0 Å². The van der Waals surface area contributed by atoms with Gasteiger partial charge < -0.3 is 15.0 Å². The summed E-state index contributed by atoms with van der Waals surface area (Å²) in [6.07, 6.45) is 0. The van der Waals surface area contributed by atoms with Crippen molar-refractivity contribution in [3.8, 4) is 5.75 Å². The van der Waals surface area contributed by atoms with Gasteiger partial charge >= 0.3 is 6.03 Å². The van der Waals surface area contributed by atoms with Gasteiger partial charge in [-0.15, -0.1) is 0 Å². The molecule has 0 unspecified atom stereocenters. The third kappa shape index (κ3) is 3.80. The lowest BCUT2D eigenvalue weighted by Crippen LogP contribution is -2.59. The number of sulfone groups is 1. The summed E-state index contributed by atoms with van der Waals surface area (Å²) in [7, 11) is -1.98. The topological polar surface area (TPSA) is 75.7 Å². The van der Waals surface area contributed by atoms with Gasteiger partial charge in [-0.1, -0.05) is 12.1 Å². The van der Waals surface area contributed by atoms with Crippen molar-refractivity contribution in [1.82, 2.24) is 10.2 Å². The van der Waals surface area contributed by atoms with Gasteiger partial charge in [-0.3, -0.25) is 0 Å². The molecule has 0 aromatic heterocycles. The molecule has 0 radical (unpaired) electrons. The van der Waals surface area contributed by atoms with Crippen LogP contribution in [-0.4, -0.2) is 44.8 Å². The first kappa shape index (κ1) is 18.2. The zero-order valence-electron chi connectivity index (χ0n) is 14.2. The molecular formula is C18H19FN2O4S. The molecule has 1 fully saturated rings. The number of urea groups is 1. The van der Waals surface area contributed by atoms with Gasteiger partial charge in [0.05, 0.1) is 12.0 Å². The third-order valence-corrected chi connectivity index (χ3v) is 6.42. The number of carbonyl (C=O) groups is 1. The fraction of sp³-hybridized carbons (Fsp3) is 0.278. The molecule has 1 aliphatic heterocycles. The summed E-state index contributed by atoms with van der Waals surface area (Å²) in [6, 6.07) is 11.7. The minimum Gasteiger partial charge on any atom is -0.497 e. The number of hydrogen-bond acceptors (Lipinski definition) is 4. The monoisotopic (exact) mass is 378 g/mol. The van der Waals surface area contributed by atoms with Crippen molar-refractivity contribution in [2.45, 2.75) is 16.7 Å². The Morgan fingerprint density at radius 3 is 2.35 bits per heavy atom. The van der Waals surface area contributed by atoms with E-state index in [1.165, 1.54) is 17.0 Å².